The topological polar surface area (TPSA) is 80.9 Å². The summed E-state index contributed by atoms with van der Waals surface area (Å²) in [6, 6.07) is 5.78. The van der Waals surface area contributed by atoms with Crippen molar-refractivity contribution in [1.82, 2.24) is 15.6 Å². The predicted molar refractivity (Wildman–Crippen MR) is 106 cm³/mol. The van der Waals surface area contributed by atoms with Gasteiger partial charge < -0.3 is 24.5 Å². The fourth-order valence-electron chi connectivity index (χ4n) is 2.39. The van der Waals surface area contributed by atoms with E-state index in [4.69, 9.17) is 13.9 Å². The van der Waals surface area contributed by atoms with Gasteiger partial charge in [-0.25, -0.2) is 9.98 Å². The third kappa shape index (κ3) is 5.91. The second kappa shape index (κ2) is 9.30. The number of rotatable bonds is 7. The van der Waals surface area contributed by atoms with Crippen LogP contribution < -0.4 is 20.1 Å². The lowest BCUT2D eigenvalue weighted by molar-refractivity contribution is 0.354. The Morgan fingerprint density at radius 2 is 1.89 bits per heavy atom. The molecule has 0 radical (unpaired) electrons. The summed E-state index contributed by atoms with van der Waals surface area (Å²) < 4.78 is 16.4. The quantitative estimate of drug-likeness (QED) is 0.572. The molecule has 1 heterocycles. The first-order valence-electron chi connectivity index (χ1n) is 9.05. The van der Waals surface area contributed by atoms with Gasteiger partial charge in [-0.2, -0.15) is 0 Å². The third-order valence-electron chi connectivity index (χ3n) is 3.91. The van der Waals surface area contributed by atoms with Crippen LogP contribution in [0.15, 0.2) is 33.8 Å². The van der Waals surface area contributed by atoms with Crippen molar-refractivity contribution in [3.63, 3.8) is 0 Å². The van der Waals surface area contributed by atoms with E-state index in [9.17, 15) is 0 Å². The van der Waals surface area contributed by atoms with Crippen LogP contribution in [0, 0.1) is 0 Å². The average molecular weight is 374 g/mol. The molecule has 2 N–H and O–H groups in total. The van der Waals surface area contributed by atoms with Crippen LogP contribution in [0.2, 0.25) is 0 Å². The maximum atomic E-state index is 5.81. The molecule has 0 fully saturated rings. The van der Waals surface area contributed by atoms with Crippen LogP contribution in [0.4, 0.5) is 0 Å². The number of nitrogens with one attached hydrogen (secondary N) is 2. The zero-order valence-electron chi connectivity index (χ0n) is 17.0. The van der Waals surface area contributed by atoms with Crippen molar-refractivity contribution in [3.05, 3.63) is 41.6 Å². The summed E-state index contributed by atoms with van der Waals surface area (Å²) in [5.74, 6) is 3.59. The van der Waals surface area contributed by atoms with E-state index in [0.717, 1.165) is 17.9 Å². The average Bonchev–Trinajstić information content (AvgIpc) is 3.13. The van der Waals surface area contributed by atoms with Crippen LogP contribution in [0.1, 0.15) is 44.9 Å². The van der Waals surface area contributed by atoms with E-state index >= 15 is 0 Å². The highest BCUT2D eigenvalue weighted by Crippen LogP contribution is 2.27. The Hall–Kier alpha value is -2.70. The summed E-state index contributed by atoms with van der Waals surface area (Å²) in [4.78, 5) is 8.95. The van der Waals surface area contributed by atoms with Crippen LogP contribution in [0.3, 0.4) is 0 Å². The van der Waals surface area contributed by atoms with Gasteiger partial charge in [-0.05, 0) is 24.6 Å². The first-order valence-corrected chi connectivity index (χ1v) is 9.05. The first kappa shape index (κ1) is 20.6. The normalized spacial score (nSPS) is 12.0. The number of nitrogens with zero attached hydrogens (tertiary/aromatic N) is 2. The summed E-state index contributed by atoms with van der Waals surface area (Å²) in [5, 5.41) is 6.47. The van der Waals surface area contributed by atoms with Crippen molar-refractivity contribution < 1.29 is 13.9 Å². The Morgan fingerprint density at radius 3 is 2.48 bits per heavy atom. The fraction of sp³-hybridized carbons (Fsp3) is 0.500. The van der Waals surface area contributed by atoms with Crippen LogP contribution >= 0.6 is 0 Å². The number of oxazole rings is 1. The van der Waals surface area contributed by atoms with Crippen molar-refractivity contribution in [2.75, 3.05) is 20.8 Å². The number of benzene rings is 1. The molecule has 1 aromatic heterocycles. The molecule has 0 spiro atoms. The largest absolute Gasteiger partial charge is 0.493 e. The van der Waals surface area contributed by atoms with Crippen molar-refractivity contribution in [2.24, 2.45) is 4.99 Å². The zero-order chi connectivity index (χ0) is 19.9. The van der Waals surface area contributed by atoms with Gasteiger partial charge in [0.15, 0.2) is 17.5 Å². The maximum absolute atomic E-state index is 5.81. The highest BCUT2D eigenvalue weighted by molar-refractivity contribution is 5.79. The number of guanidine groups is 1. The molecule has 148 valence electrons. The minimum Gasteiger partial charge on any atom is -0.493 e. The monoisotopic (exact) mass is 374 g/mol. The summed E-state index contributed by atoms with van der Waals surface area (Å²) in [6.07, 6.45) is 1.78. The smallest absolute Gasteiger partial charge is 0.213 e. The summed E-state index contributed by atoms with van der Waals surface area (Å²) in [6.45, 7) is 10.0. The van der Waals surface area contributed by atoms with Gasteiger partial charge in [0.05, 0.1) is 33.5 Å². The molecule has 2 aromatic rings. The minimum atomic E-state index is -0.0583. The molecule has 0 saturated heterocycles. The molecule has 0 saturated carbocycles. The van der Waals surface area contributed by atoms with Gasteiger partial charge in [-0.3, -0.25) is 0 Å². The van der Waals surface area contributed by atoms with Gasteiger partial charge in [0.1, 0.15) is 5.76 Å². The lowest BCUT2D eigenvalue weighted by Crippen LogP contribution is -2.36. The molecule has 0 aliphatic rings. The molecule has 0 aliphatic carbocycles. The molecular formula is C20H30N4O3. The Labute approximate surface area is 161 Å². The SMILES string of the molecule is CCNC(=NCc1ccc(OC)c(OC)c1)NCc1ncc(C(C)(C)C)o1. The number of aromatic nitrogens is 1. The van der Waals surface area contributed by atoms with Gasteiger partial charge >= 0.3 is 0 Å². The summed E-state index contributed by atoms with van der Waals surface area (Å²) >= 11 is 0. The lowest BCUT2D eigenvalue weighted by Gasteiger charge is -2.13. The Morgan fingerprint density at radius 1 is 1.15 bits per heavy atom. The van der Waals surface area contributed by atoms with Crippen molar-refractivity contribution >= 4 is 5.96 Å². The van der Waals surface area contributed by atoms with E-state index in [1.807, 2.05) is 25.1 Å². The van der Waals surface area contributed by atoms with Crippen LogP contribution in [0.25, 0.3) is 0 Å². The van der Waals surface area contributed by atoms with E-state index in [2.05, 4.69) is 41.4 Å². The molecule has 27 heavy (non-hydrogen) atoms. The van der Waals surface area contributed by atoms with E-state index in [0.29, 0.717) is 36.4 Å². The molecule has 0 amide bonds. The van der Waals surface area contributed by atoms with Crippen LogP contribution in [-0.4, -0.2) is 31.7 Å². The predicted octanol–water partition coefficient (Wildman–Crippen LogP) is 3.24. The summed E-state index contributed by atoms with van der Waals surface area (Å²) in [5.41, 5.74) is 0.966. The molecule has 7 heteroatoms. The van der Waals surface area contributed by atoms with Crippen molar-refractivity contribution in [3.8, 4) is 11.5 Å². The van der Waals surface area contributed by atoms with Gasteiger partial charge in [0.2, 0.25) is 5.89 Å². The number of hydrogen-bond donors (Lipinski definition) is 2. The zero-order valence-corrected chi connectivity index (χ0v) is 17.0. The molecule has 1 aromatic carbocycles. The highest BCUT2D eigenvalue weighted by Gasteiger charge is 2.19. The second-order valence-corrected chi connectivity index (χ2v) is 7.11. The minimum absolute atomic E-state index is 0.0583. The summed E-state index contributed by atoms with van der Waals surface area (Å²) in [7, 11) is 3.25. The van der Waals surface area contributed by atoms with E-state index < -0.39 is 0 Å². The van der Waals surface area contributed by atoms with Gasteiger partial charge in [-0.15, -0.1) is 0 Å². The van der Waals surface area contributed by atoms with Gasteiger partial charge in [0, 0.05) is 12.0 Å². The van der Waals surface area contributed by atoms with Crippen LogP contribution in [0.5, 0.6) is 11.5 Å². The second-order valence-electron chi connectivity index (χ2n) is 7.11. The van der Waals surface area contributed by atoms with Crippen molar-refractivity contribution in [2.45, 2.75) is 46.2 Å². The molecule has 2 rings (SSSR count). The number of hydrogen-bond acceptors (Lipinski definition) is 5. The molecule has 7 nitrogen and oxygen atoms in total. The standard InChI is InChI=1S/C20H30N4O3/c1-7-21-19(24-13-18-22-12-17(27-18)20(2,3)4)23-11-14-8-9-15(25-5)16(10-14)26-6/h8-10,12H,7,11,13H2,1-6H3,(H2,21,23,24). The molecule has 0 atom stereocenters. The van der Waals surface area contributed by atoms with Gasteiger partial charge in [-0.1, -0.05) is 26.8 Å². The lowest BCUT2D eigenvalue weighted by atomic mass is 9.94. The number of aliphatic imine (C=N–C) groups is 1. The highest BCUT2D eigenvalue weighted by atomic mass is 16.5. The maximum Gasteiger partial charge on any atom is 0.213 e. The molecule has 0 unspecified atom stereocenters. The Kier molecular flexibility index (Phi) is 7.10. The molecular weight excluding hydrogens is 344 g/mol. The Balaban J connectivity index is 2.03. The van der Waals surface area contributed by atoms with Crippen molar-refractivity contribution in [1.29, 1.82) is 0 Å². The molecule has 0 aliphatic heterocycles. The number of ether oxygens (including phenoxy) is 2. The fourth-order valence-corrected chi connectivity index (χ4v) is 2.39. The van der Waals surface area contributed by atoms with E-state index in [1.165, 1.54) is 0 Å². The Bertz CT molecular complexity index is 763. The first-order chi connectivity index (χ1) is 12.9. The molecule has 0 bridgehead atoms. The third-order valence-corrected chi connectivity index (χ3v) is 3.91. The number of methoxy groups -OCH3 is 2. The van der Waals surface area contributed by atoms with Crippen LogP contribution in [-0.2, 0) is 18.5 Å². The van der Waals surface area contributed by atoms with Gasteiger partial charge in [0.25, 0.3) is 0 Å². The van der Waals surface area contributed by atoms with E-state index in [-0.39, 0.29) is 5.41 Å². The van der Waals surface area contributed by atoms with E-state index in [1.54, 1.807) is 20.4 Å².